The highest BCUT2D eigenvalue weighted by atomic mass is 16.5. The molecule has 0 N–H and O–H groups in total. The van der Waals surface area contributed by atoms with Gasteiger partial charge < -0.3 is 27.9 Å². The predicted molar refractivity (Wildman–Crippen MR) is 491 cm³/mol. The van der Waals surface area contributed by atoms with E-state index >= 15 is 0 Å². The topological polar surface area (TPSA) is 59.8 Å². The molecule has 1 aliphatic heterocycles. The molecule has 7 nitrogen and oxygen atoms in total. The van der Waals surface area contributed by atoms with Gasteiger partial charge in [0.15, 0.2) is 5.58 Å². The molecule has 0 saturated heterocycles. The zero-order valence-corrected chi connectivity index (χ0v) is 64.2. The lowest BCUT2D eigenvalue weighted by molar-refractivity contribution is 0.415. The van der Waals surface area contributed by atoms with Gasteiger partial charge >= 0.3 is 0 Å². The number of ether oxygens (including phenoxy) is 1. The first-order valence-corrected chi connectivity index (χ1v) is 40.3. The van der Waals surface area contributed by atoms with Crippen molar-refractivity contribution in [2.45, 2.75) is 6.54 Å². The summed E-state index contributed by atoms with van der Waals surface area (Å²) in [5, 5.41) is 15.1. The standard InChI is InChI=1S/C111H70N4O3/c1-116-80-34-22-33-78(63-80)114(108-92-40-15-13-38-86(92)102(73-27-7-3-8-28-73)87-39-14-16-41-93(87)108)79-64-96-88-57-56-83(72-54-52-71(53-55-72)81-35-11-12-36-84(81)90-44-23-45-91-85-37-17-20-47-98(85)115(109(90)91)77-31-9-4-10-32-77)110-106(88)104-95(61-76(62-100(104)117-110)69-50-48-68(49-51-69)74-30-24-60-112-66-74)89-58-59-99(111-107(89)105(96)101(65-79)118-111)113-67-75-29-21-43-82(70-25-5-2-6-26-70)103(75)94-42-18-19-46-97(94)113/h2-66H,67H2,1H3. The summed E-state index contributed by atoms with van der Waals surface area (Å²) in [4.78, 5) is 9.44. The summed E-state index contributed by atoms with van der Waals surface area (Å²) in [5.74, 6) is 0.738. The third-order valence-electron chi connectivity index (χ3n) is 24.7. The molecule has 23 aromatic rings. The van der Waals surface area contributed by atoms with Crippen LogP contribution in [-0.4, -0.2) is 16.7 Å². The van der Waals surface area contributed by atoms with Crippen LogP contribution in [0, 0.1) is 0 Å². The maximum absolute atomic E-state index is 8.06. The molecule has 118 heavy (non-hydrogen) atoms. The first kappa shape index (κ1) is 67.0. The molecule has 0 amide bonds. The average Bonchev–Trinajstić information content (AvgIpc) is 1.51. The summed E-state index contributed by atoms with van der Waals surface area (Å²) >= 11 is 0. The Morgan fingerprint density at radius 1 is 0.314 bits per heavy atom. The van der Waals surface area contributed by atoms with Gasteiger partial charge in [-0.15, -0.1) is 0 Å². The highest BCUT2D eigenvalue weighted by Gasteiger charge is 2.33. The number of benzene rings is 18. The smallest absolute Gasteiger partial charge is 0.159 e. The predicted octanol–water partition coefficient (Wildman–Crippen LogP) is 30.5. The van der Waals surface area contributed by atoms with E-state index in [2.05, 4.69) is 389 Å². The Balaban J connectivity index is 0.782. The molecule has 0 unspecified atom stereocenters. The van der Waals surface area contributed by atoms with Crippen LogP contribution in [0.4, 0.5) is 28.4 Å². The largest absolute Gasteiger partial charge is 0.497 e. The maximum Gasteiger partial charge on any atom is 0.159 e. The van der Waals surface area contributed by atoms with E-state index in [1.807, 2.05) is 24.5 Å². The molecule has 0 fully saturated rings. The molecule has 24 rings (SSSR count). The second-order valence-electron chi connectivity index (χ2n) is 31.0. The third kappa shape index (κ3) is 10.4. The van der Waals surface area contributed by atoms with Crippen molar-refractivity contribution in [3.63, 3.8) is 0 Å². The van der Waals surface area contributed by atoms with Gasteiger partial charge in [-0.2, -0.15) is 0 Å². The number of rotatable bonds is 13. The molecular formula is C111H70N4O3. The van der Waals surface area contributed by atoms with Crippen LogP contribution in [0.15, 0.2) is 403 Å². The van der Waals surface area contributed by atoms with Crippen LogP contribution in [0.3, 0.4) is 0 Å². The molecule has 4 aromatic heterocycles. The van der Waals surface area contributed by atoms with Gasteiger partial charge in [0.05, 0.1) is 35.2 Å². The number of fused-ring (bicyclic) bond motifs is 10. The van der Waals surface area contributed by atoms with Gasteiger partial charge in [0.25, 0.3) is 0 Å². The van der Waals surface area contributed by atoms with E-state index < -0.39 is 0 Å². The van der Waals surface area contributed by atoms with Crippen molar-refractivity contribution in [1.29, 1.82) is 0 Å². The lowest BCUT2D eigenvalue weighted by Gasteiger charge is -2.34. The highest BCUT2D eigenvalue weighted by Crippen LogP contribution is 2.57. The maximum atomic E-state index is 8.06. The number of nitrogens with zero attached hydrogens (tertiary/aromatic N) is 4. The van der Waals surface area contributed by atoms with E-state index in [-0.39, 0.29) is 0 Å². The Labute approximate surface area is 679 Å². The van der Waals surface area contributed by atoms with Crippen LogP contribution in [0.5, 0.6) is 5.75 Å². The van der Waals surface area contributed by atoms with E-state index in [0.717, 1.165) is 182 Å². The third-order valence-corrected chi connectivity index (χ3v) is 24.7. The lowest BCUT2D eigenvalue weighted by Crippen LogP contribution is -2.22. The van der Waals surface area contributed by atoms with Crippen molar-refractivity contribution < 1.29 is 13.6 Å². The number of methoxy groups -OCH3 is 1. The van der Waals surface area contributed by atoms with Crippen LogP contribution in [0.1, 0.15) is 5.56 Å². The Morgan fingerprint density at radius 2 is 0.864 bits per heavy atom. The van der Waals surface area contributed by atoms with E-state index in [1.54, 1.807) is 7.11 Å². The van der Waals surface area contributed by atoms with Crippen LogP contribution in [-0.2, 0) is 6.54 Å². The fourth-order valence-corrected chi connectivity index (χ4v) is 19.6. The van der Waals surface area contributed by atoms with Gasteiger partial charge in [-0.3, -0.25) is 4.98 Å². The normalized spacial score (nSPS) is 12.2. The second kappa shape index (κ2) is 26.8. The fraction of sp³-hybridized carbons (Fsp3) is 0.0180. The fourth-order valence-electron chi connectivity index (χ4n) is 19.6. The Hall–Kier alpha value is -15.6. The minimum absolute atomic E-state index is 0.604. The summed E-state index contributed by atoms with van der Waals surface area (Å²) in [5.41, 5.74) is 30.7. The van der Waals surface area contributed by atoms with Crippen molar-refractivity contribution in [3.05, 3.63) is 400 Å². The summed E-state index contributed by atoms with van der Waals surface area (Å²) in [6, 6.07) is 140. The van der Waals surface area contributed by atoms with Crippen molar-refractivity contribution >= 4 is 137 Å². The van der Waals surface area contributed by atoms with Crippen molar-refractivity contribution in [2.24, 2.45) is 0 Å². The molecule has 5 heterocycles. The quantitative estimate of drug-likeness (QED) is 0.107. The first-order valence-electron chi connectivity index (χ1n) is 40.3. The summed E-state index contributed by atoms with van der Waals surface area (Å²) in [6.07, 6.45) is 3.75. The average molecular weight is 1510 g/mol. The zero-order chi connectivity index (χ0) is 77.6. The van der Waals surface area contributed by atoms with Crippen LogP contribution < -0.4 is 14.5 Å². The van der Waals surface area contributed by atoms with Gasteiger partial charge in [0.2, 0.25) is 0 Å². The summed E-state index contributed by atoms with van der Waals surface area (Å²) in [6.45, 7) is 0.604. The number of para-hydroxylation sites is 4. The lowest BCUT2D eigenvalue weighted by atomic mass is 9.86. The Bertz CT molecular complexity index is 7930. The Kier molecular flexibility index (Phi) is 15.2. The van der Waals surface area contributed by atoms with Crippen molar-refractivity contribution in [3.8, 4) is 100 Å². The molecule has 0 spiro atoms. The minimum atomic E-state index is 0.604. The molecule has 1 aliphatic rings. The Morgan fingerprint density at radius 3 is 1.60 bits per heavy atom. The summed E-state index contributed by atoms with van der Waals surface area (Å²) < 4.78 is 24.5. The molecule has 552 valence electrons. The number of anilines is 5. The number of furan rings is 2. The monoisotopic (exact) mass is 1510 g/mol. The van der Waals surface area contributed by atoms with E-state index in [4.69, 9.17) is 13.6 Å². The van der Waals surface area contributed by atoms with Gasteiger partial charge in [0.1, 0.15) is 22.5 Å². The molecule has 0 aliphatic carbocycles. The number of hydrogen-bond donors (Lipinski definition) is 0. The highest BCUT2D eigenvalue weighted by molar-refractivity contribution is 6.39. The molecule has 0 bridgehead atoms. The van der Waals surface area contributed by atoms with Crippen LogP contribution in [0.2, 0.25) is 0 Å². The zero-order valence-electron chi connectivity index (χ0n) is 64.2. The molecule has 0 atom stereocenters. The van der Waals surface area contributed by atoms with Gasteiger partial charge in [-0.1, -0.05) is 297 Å². The second-order valence-corrected chi connectivity index (χ2v) is 31.0. The molecule has 7 heteroatoms. The van der Waals surface area contributed by atoms with Crippen LogP contribution >= 0.6 is 0 Å². The van der Waals surface area contributed by atoms with Gasteiger partial charge in [0, 0.05) is 108 Å². The van der Waals surface area contributed by atoms with Crippen molar-refractivity contribution in [1.82, 2.24) is 9.55 Å². The molecule has 19 aromatic carbocycles. The van der Waals surface area contributed by atoms with E-state index in [0.29, 0.717) is 6.54 Å². The van der Waals surface area contributed by atoms with Crippen molar-refractivity contribution in [2.75, 3.05) is 16.9 Å². The van der Waals surface area contributed by atoms with E-state index in [1.165, 1.54) is 60.8 Å². The van der Waals surface area contributed by atoms with Gasteiger partial charge in [-0.25, -0.2) is 0 Å². The number of hydrogen-bond acceptors (Lipinski definition) is 6. The number of pyridine rings is 1. The van der Waals surface area contributed by atoms with Gasteiger partial charge in [-0.05, 0) is 183 Å². The molecule has 0 saturated carbocycles. The SMILES string of the molecule is COc1cccc(N(c2cc3oc4c(N5Cc6cccc(-c7ccccc7)c6-c6ccccc65)ccc5c6cc(-c7ccc(-c8cccnc8)cc7)cc7oc8c(-c9ccc(-c%10ccccc%10-c%10cccc%11c%12ccccc%12n(-c%12ccccc%12)c%10%11)cc9)ccc(c(c2)c3c45)c8c76)c2c3ccccc3c(-c3ccccc3)c3ccccc23)c1. The number of aromatic nitrogens is 2. The minimum Gasteiger partial charge on any atom is -0.497 e. The molecular weight excluding hydrogens is 1440 g/mol. The molecule has 0 radical (unpaired) electrons. The van der Waals surface area contributed by atoms with Crippen LogP contribution in [0.25, 0.3) is 203 Å². The first-order chi connectivity index (χ1) is 58.5. The van der Waals surface area contributed by atoms with E-state index in [9.17, 15) is 0 Å². The summed E-state index contributed by atoms with van der Waals surface area (Å²) in [7, 11) is 1.75.